The Morgan fingerprint density at radius 2 is 1.52 bits per heavy atom. The summed E-state index contributed by atoms with van der Waals surface area (Å²) in [6, 6.07) is 23.5. The lowest BCUT2D eigenvalue weighted by Crippen LogP contribution is -2.40. The maximum Gasteiger partial charge on any atom is 0.238 e. The Morgan fingerprint density at radius 3 is 2.23 bits per heavy atom. The zero-order chi connectivity index (χ0) is 21.6. The zero-order valence-corrected chi connectivity index (χ0v) is 17.3. The van der Waals surface area contributed by atoms with Gasteiger partial charge < -0.3 is 5.32 Å². The van der Waals surface area contributed by atoms with Gasteiger partial charge in [0.2, 0.25) is 5.91 Å². The van der Waals surface area contributed by atoms with Crippen LogP contribution < -0.4 is 5.32 Å². The van der Waals surface area contributed by atoms with Crippen LogP contribution in [-0.4, -0.2) is 36.2 Å². The van der Waals surface area contributed by atoms with Crippen LogP contribution in [0.4, 0.5) is 10.1 Å². The molecule has 0 spiro atoms. The first kappa shape index (κ1) is 20.9. The average Bonchev–Trinajstić information content (AvgIpc) is 2.80. The molecule has 1 fully saturated rings. The molecule has 1 amide bonds. The molecule has 4 rings (SSSR count). The minimum atomic E-state index is -0.341. The number of para-hydroxylation sites is 1. The predicted octanol–water partition coefficient (Wildman–Crippen LogP) is 5.03. The lowest BCUT2D eigenvalue weighted by molar-refractivity contribution is -0.117. The fourth-order valence-corrected chi connectivity index (χ4v) is 4.06. The van der Waals surface area contributed by atoms with Crippen LogP contribution >= 0.6 is 0 Å². The molecule has 1 heterocycles. The zero-order valence-electron chi connectivity index (χ0n) is 17.3. The number of anilines is 1. The van der Waals surface area contributed by atoms with E-state index in [4.69, 9.17) is 0 Å². The summed E-state index contributed by atoms with van der Waals surface area (Å²) in [5.41, 5.74) is 3.38. The van der Waals surface area contributed by atoms with Crippen molar-refractivity contribution in [1.82, 2.24) is 4.90 Å². The quantitative estimate of drug-likeness (QED) is 0.574. The number of benzene rings is 3. The summed E-state index contributed by atoms with van der Waals surface area (Å²) in [4.78, 5) is 27.4. The van der Waals surface area contributed by atoms with E-state index in [1.165, 1.54) is 12.1 Å². The van der Waals surface area contributed by atoms with Crippen LogP contribution in [0.1, 0.15) is 23.2 Å². The fourth-order valence-electron chi connectivity index (χ4n) is 4.06. The molecule has 4 nitrogen and oxygen atoms in total. The number of rotatable bonds is 6. The minimum Gasteiger partial charge on any atom is -0.324 e. The van der Waals surface area contributed by atoms with Gasteiger partial charge in [0.05, 0.1) is 6.54 Å². The number of likely N-dealkylation sites (tertiary alicyclic amines) is 1. The first-order valence-corrected chi connectivity index (χ1v) is 10.6. The first-order chi connectivity index (χ1) is 15.1. The molecule has 0 aliphatic carbocycles. The van der Waals surface area contributed by atoms with Crippen LogP contribution in [0.25, 0.3) is 11.1 Å². The van der Waals surface area contributed by atoms with Gasteiger partial charge in [-0.3, -0.25) is 14.5 Å². The van der Waals surface area contributed by atoms with Crippen LogP contribution in [0.3, 0.4) is 0 Å². The molecule has 1 aliphatic rings. The Kier molecular flexibility index (Phi) is 6.53. The van der Waals surface area contributed by atoms with Crippen molar-refractivity contribution in [3.63, 3.8) is 0 Å². The molecule has 3 aromatic carbocycles. The van der Waals surface area contributed by atoms with Crippen molar-refractivity contribution >= 4 is 17.4 Å². The van der Waals surface area contributed by atoms with Gasteiger partial charge >= 0.3 is 0 Å². The second kappa shape index (κ2) is 9.67. The van der Waals surface area contributed by atoms with Crippen molar-refractivity contribution < 1.29 is 14.0 Å². The number of amides is 1. The normalized spacial score (nSPS) is 14.9. The van der Waals surface area contributed by atoms with E-state index in [-0.39, 0.29) is 23.4 Å². The number of hydrogen-bond donors (Lipinski definition) is 1. The lowest BCUT2D eigenvalue weighted by Gasteiger charge is -2.30. The van der Waals surface area contributed by atoms with E-state index in [9.17, 15) is 14.0 Å². The van der Waals surface area contributed by atoms with Crippen LogP contribution in [0, 0.1) is 11.7 Å². The van der Waals surface area contributed by atoms with Crippen molar-refractivity contribution in [3.8, 4) is 11.1 Å². The highest BCUT2D eigenvalue weighted by molar-refractivity contribution is 5.98. The van der Waals surface area contributed by atoms with Crippen LogP contribution in [0.2, 0.25) is 0 Å². The summed E-state index contributed by atoms with van der Waals surface area (Å²) in [5.74, 6) is -0.428. The second-order valence-electron chi connectivity index (χ2n) is 7.88. The van der Waals surface area contributed by atoms with Gasteiger partial charge in [0, 0.05) is 22.7 Å². The van der Waals surface area contributed by atoms with Gasteiger partial charge in [0.15, 0.2) is 5.78 Å². The summed E-state index contributed by atoms with van der Waals surface area (Å²) in [7, 11) is 0. The summed E-state index contributed by atoms with van der Waals surface area (Å²) < 4.78 is 13.1. The Labute approximate surface area is 181 Å². The lowest BCUT2D eigenvalue weighted by atomic mass is 9.89. The number of nitrogens with one attached hydrogen (secondary N) is 1. The Morgan fingerprint density at radius 1 is 0.871 bits per heavy atom. The number of carbonyl (C=O) groups excluding carboxylic acids is 2. The van der Waals surface area contributed by atoms with E-state index >= 15 is 0 Å². The molecule has 0 radical (unpaired) electrons. The SMILES string of the molecule is O=C(CN1CCC(C(=O)c2ccc(F)cc2)CC1)Nc1ccccc1-c1ccccc1. The van der Waals surface area contributed by atoms with Crippen molar-refractivity contribution in [2.75, 3.05) is 25.0 Å². The number of piperidine rings is 1. The predicted molar refractivity (Wildman–Crippen MR) is 120 cm³/mol. The van der Waals surface area contributed by atoms with Crippen molar-refractivity contribution in [2.24, 2.45) is 5.92 Å². The molecule has 1 N–H and O–H groups in total. The molecule has 3 aromatic rings. The first-order valence-electron chi connectivity index (χ1n) is 10.6. The smallest absolute Gasteiger partial charge is 0.238 e. The molecular formula is C26H25FN2O2. The van der Waals surface area contributed by atoms with Crippen LogP contribution in [0.15, 0.2) is 78.9 Å². The second-order valence-corrected chi connectivity index (χ2v) is 7.88. The van der Waals surface area contributed by atoms with Crippen molar-refractivity contribution in [2.45, 2.75) is 12.8 Å². The fraction of sp³-hybridized carbons (Fsp3) is 0.231. The number of carbonyl (C=O) groups is 2. The summed E-state index contributed by atoms with van der Waals surface area (Å²) >= 11 is 0. The van der Waals surface area contributed by atoms with E-state index < -0.39 is 0 Å². The number of nitrogens with zero attached hydrogens (tertiary/aromatic N) is 1. The van der Waals surface area contributed by atoms with Gasteiger partial charge in [-0.2, -0.15) is 0 Å². The molecule has 5 heteroatoms. The molecule has 0 aromatic heterocycles. The third-order valence-corrected chi connectivity index (χ3v) is 5.74. The summed E-state index contributed by atoms with van der Waals surface area (Å²) in [6.07, 6.45) is 1.40. The van der Waals surface area contributed by atoms with Gasteiger partial charge in [-0.15, -0.1) is 0 Å². The third-order valence-electron chi connectivity index (χ3n) is 5.74. The summed E-state index contributed by atoms with van der Waals surface area (Å²) in [6.45, 7) is 1.66. The summed E-state index contributed by atoms with van der Waals surface area (Å²) in [5, 5.41) is 3.04. The van der Waals surface area contributed by atoms with Gasteiger partial charge in [-0.05, 0) is 61.8 Å². The van der Waals surface area contributed by atoms with Gasteiger partial charge in [0.1, 0.15) is 5.82 Å². The molecule has 0 atom stereocenters. The molecule has 0 saturated carbocycles. The van der Waals surface area contributed by atoms with Crippen molar-refractivity contribution in [1.29, 1.82) is 0 Å². The Bertz CT molecular complexity index is 1040. The molecule has 158 valence electrons. The van der Waals surface area contributed by atoms with Gasteiger partial charge in [-0.25, -0.2) is 4.39 Å². The van der Waals surface area contributed by atoms with Crippen LogP contribution in [-0.2, 0) is 4.79 Å². The highest BCUT2D eigenvalue weighted by atomic mass is 19.1. The number of ketones is 1. The Balaban J connectivity index is 1.32. The maximum atomic E-state index is 13.1. The number of hydrogen-bond acceptors (Lipinski definition) is 3. The maximum absolute atomic E-state index is 13.1. The van der Waals surface area contributed by atoms with E-state index in [1.807, 2.05) is 54.6 Å². The van der Waals surface area contributed by atoms with E-state index in [0.29, 0.717) is 38.0 Å². The van der Waals surface area contributed by atoms with Gasteiger partial charge in [-0.1, -0.05) is 48.5 Å². The number of Topliss-reactive ketones (excluding diaryl/α,β-unsaturated/α-hetero) is 1. The topological polar surface area (TPSA) is 49.4 Å². The largest absolute Gasteiger partial charge is 0.324 e. The highest BCUT2D eigenvalue weighted by Crippen LogP contribution is 2.28. The third kappa shape index (κ3) is 5.25. The molecule has 0 bridgehead atoms. The monoisotopic (exact) mass is 416 g/mol. The molecule has 1 aliphatic heterocycles. The molecule has 0 unspecified atom stereocenters. The van der Waals surface area contributed by atoms with E-state index in [2.05, 4.69) is 10.2 Å². The molecule has 1 saturated heterocycles. The molecular weight excluding hydrogens is 391 g/mol. The van der Waals surface area contributed by atoms with Crippen molar-refractivity contribution in [3.05, 3.63) is 90.2 Å². The van der Waals surface area contributed by atoms with Gasteiger partial charge in [0.25, 0.3) is 0 Å². The standard InChI is InChI=1S/C26H25FN2O2/c27-22-12-10-20(11-13-22)26(31)21-14-16-29(17-15-21)18-25(30)28-24-9-5-4-8-23(24)19-6-2-1-3-7-19/h1-13,21H,14-18H2,(H,28,30). The number of halogens is 1. The van der Waals surface area contributed by atoms with E-state index in [1.54, 1.807) is 12.1 Å². The Hall–Kier alpha value is -3.31. The minimum absolute atomic E-state index is 0.0564. The molecule has 31 heavy (non-hydrogen) atoms. The van der Waals surface area contributed by atoms with Crippen LogP contribution in [0.5, 0.6) is 0 Å². The highest BCUT2D eigenvalue weighted by Gasteiger charge is 2.26. The average molecular weight is 416 g/mol. The van der Waals surface area contributed by atoms with E-state index in [0.717, 1.165) is 16.8 Å².